The lowest BCUT2D eigenvalue weighted by molar-refractivity contribution is -0.147. The summed E-state index contributed by atoms with van der Waals surface area (Å²) in [5, 5.41) is 2.68. The van der Waals surface area contributed by atoms with E-state index < -0.39 is 6.04 Å². The fraction of sp³-hybridized carbons (Fsp3) is 0.882. The molecule has 0 spiro atoms. The van der Waals surface area contributed by atoms with Crippen molar-refractivity contribution in [1.82, 2.24) is 5.32 Å². The Labute approximate surface area is 130 Å². The summed E-state index contributed by atoms with van der Waals surface area (Å²) in [5.41, 5.74) is 0. The number of amides is 1. The first kappa shape index (κ1) is 19.9. The molecule has 0 aliphatic carbocycles. The molecule has 0 aromatic rings. The highest BCUT2D eigenvalue weighted by Gasteiger charge is 2.16. The highest BCUT2D eigenvalue weighted by molar-refractivity contribution is 5.84. The van der Waals surface area contributed by atoms with Gasteiger partial charge in [-0.15, -0.1) is 0 Å². The molecule has 0 heterocycles. The van der Waals surface area contributed by atoms with Crippen molar-refractivity contribution < 1.29 is 14.3 Å². The molecule has 0 aromatic heterocycles. The minimum absolute atomic E-state index is 0.0720. The average molecular weight is 299 g/mol. The van der Waals surface area contributed by atoms with Gasteiger partial charge in [-0.25, -0.2) is 4.79 Å². The molecule has 1 amide bonds. The van der Waals surface area contributed by atoms with E-state index in [1.165, 1.54) is 32.1 Å². The summed E-state index contributed by atoms with van der Waals surface area (Å²) in [6.07, 6.45) is 10.7. The lowest BCUT2D eigenvalue weighted by Gasteiger charge is -2.13. The van der Waals surface area contributed by atoms with Crippen molar-refractivity contribution in [2.45, 2.75) is 91.0 Å². The summed E-state index contributed by atoms with van der Waals surface area (Å²) in [6, 6.07) is -0.543. The van der Waals surface area contributed by atoms with Gasteiger partial charge >= 0.3 is 5.97 Å². The van der Waals surface area contributed by atoms with Gasteiger partial charge in [-0.2, -0.15) is 0 Å². The maximum Gasteiger partial charge on any atom is 0.328 e. The lowest BCUT2D eigenvalue weighted by Crippen LogP contribution is -2.39. The number of carbonyl (C=O) groups excluding carboxylic acids is 2. The normalized spacial score (nSPS) is 12.0. The zero-order chi connectivity index (χ0) is 15.9. The molecular formula is C17H33NO3. The van der Waals surface area contributed by atoms with Crippen molar-refractivity contribution in [1.29, 1.82) is 0 Å². The number of ether oxygens (including phenoxy) is 1. The third kappa shape index (κ3) is 12.4. The summed E-state index contributed by atoms with van der Waals surface area (Å²) in [7, 11) is 0. The molecule has 4 nitrogen and oxygen atoms in total. The Bertz CT molecular complexity index is 279. The molecule has 21 heavy (non-hydrogen) atoms. The van der Waals surface area contributed by atoms with Crippen LogP contribution in [0.5, 0.6) is 0 Å². The second-order valence-electron chi connectivity index (χ2n) is 5.68. The van der Waals surface area contributed by atoms with Crippen molar-refractivity contribution in [2.24, 2.45) is 0 Å². The summed E-state index contributed by atoms with van der Waals surface area (Å²) in [5.74, 6) is -0.400. The van der Waals surface area contributed by atoms with E-state index in [0.717, 1.165) is 25.7 Å². The van der Waals surface area contributed by atoms with Crippen LogP contribution in [-0.2, 0) is 14.3 Å². The van der Waals surface area contributed by atoms with Gasteiger partial charge in [0.25, 0.3) is 0 Å². The van der Waals surface area contributed by atoms with Crippen LogP contribution in [0.4, 0.5) is 0 Å². The molecule has 1 atom stereocenters. The van der Waals surface area contributed by atoms with Crippen LogP contribution in [0.3, 0.4) is 0 Å². The summed E-state index contributed by atoms with van der Waals surface area (Å²) in [4.78, 5) is 23.2. The smallest absolute Gasteiger partial charge is 0.328 e. The third-order valence-electron chi connectivity index (χ3n) is 3.48. The molecule has 0 radical (unpaired) electrons. The fourth-order valence-electron chi connectivity index (χ4n) is 2.07. The van der Waals surface area contributed by atoms with E-state index in [0.29, 0.717) is 13.0 Å². The Kier molecular flexibility index (Phi) is 13.2. The predicted molar refractivity (Wildman–Crippen MR) is 86.1 cm³/mol. The first-order valence-electron chi connectivity index (χ1n) is 8.57. The van der Waals surface area contributed by atoms with Gasteiger partial charge in [-0.05, 0) is 19.8 Å². The number of nitrogens with one attached hydrogen (secondary N) is 1. The summed E-state index contributed by atoms with van der Waals surface area (Å²) in [6.45, 7) is 6.38. The van der Waals surface area contributed by atoms with Crippen molar-refractivity contribution in [2.75, 3.05) is 6.61 Å². The van der Waals surface area contributed by atoms with Crippen molar-refractivity contribution >= 4 is 11.9 Å². The van der Waals surface area contributed by atoms with E-state index in [9.17, 15) is 9.59 Å². The van der Waals surface area contributed by atoms with Gasteiger partial charge in [-0.3, -0.25) is 4.79 Å². The molecule has 0 rings (SSSR count). The molecule has 1 unspecified atom stereocenters. The highest BCUT2D eigenvalue weighted by atomic mass is 16.5. The number of unbranched alkanes of at least 4 members (excludes halogenated alkanes) is 7. The second-order valence-corrected chi connectivity index (χ2v) is 5.68. The monoisotopic (exact) mass is 299 g/mol. The van der Waals surface area contributed by atoms with Crippen LogP contribution in [-0.4, -0.2) is 24.5 Å². The predicted octanol–water partition coefficient (Wildman–Crippen LogP) is 3.98. The van der Waals surface area contributed by atoms with Gasteiger partial charge in [0, 0.05) is 6.42 Å². The zero-order valence-electron chi connectivity index (χ0n) is 14.1. The van der Waals surface area contributed by atoms with E-state index in [2.05, 4.69) is 12.2 Å². The number of carbonyl (C=O) groups is 2. The third-order valence-corrected chi connectivity index (χ3v) is 3.48. The van der Waals surface area contributed by atoms with E-state index in [4.69, 9.17) is 4.74 Å². The van der Waals surface area contributed by atoms with Gasteiger partial charge in [0.15, 0.2) is 0 Å². The number of rotatable bonds is 13. The maximum atomic E-state index is 11.7. The fourth-order valence-corrected chi connectivity index (χ4v) is 2.07. The van der Waals surface area contributed by atoms with E-state index in [1.807, 2.05) is 6.92 Å². The molecule has 124 valence electrons. The standard InChI is InChI=1S/C17H33NO3/c1-4-6-8-9-10-11-12-14-21-17(20)15(3)18-16(19)13-7-5-2/h15H,4-14H2,1-3H3,(H,18,19). The van der Waals surface area contributed by atoms with Gasteiger partial charge in [-0.1, -0.05) is 58.8 Å². The van der Waals surface area contributed by atoms with Crippen LogP contribution in [0, 0.1) is 0 Å². The van der Waals surface area contributed by atoms with Crippen LogP contribution >= 0.6 is 0 Å². The molecular weight excluding hydrogens is 266 g/mol. The minimum Gasteiger partial charge on any atom is -0.464 e. The van der Waals surface area contributed by atoms with Crippen LogP contribution < -0.4 is 5.32 Å². The SMILES string of the molecule is CCCCCCCCCOC(=O)C(C)NC(=O)CCCC. The topological polar surface area (TPSA) is 55.4 Å². The first-order chi connectivity index (χ1) is 10.1. The summed E-state index contributed by atoms with van der Waals surface area (Å²) < 4.78 is 5.18. The zero-order valence-corrected chi connectivity index (χ0v) is 14.1. The van der Waals surface area contributed by atoms with Gasteiger partial charge in [0.05, 0.1) is 6.61 Å². The first-order valence-corrected chi connectivity index (χ1v) is 8.57. The van der Waals surface area contributed by atoms with Crippen LogP contribution in [0.2, 0.25) is 0 Å². The Morgan fingerprint density at radius 3 is 2.10 bits per heavy atom. The number of hydrogen-bond acceptors (Lipinski definition) is 3. The minimum atomic E-state index is -0.543. The lowest BCUT2D eigenvalue weighted by atomic mass is 10.1. The molecule has 0 saturated heterocycles. The van der Waals surface area contributed by atoms with Crippen LogP contribution in [0.1, 0.15) is 85.0 Å². The van der Waals surface area contributed by atoms with Crippen molar-refractivity contribution in [3.8, 4) is 0 Å². The quantitative estimate of drug-likeness (QED) is 0.413. The van der Waals surface area contributed by atoms with Gasteiger partial charge in [0.1, 0.15) is 6.04 Å². The largest absolute Gasteiger partial charge is 0.464 e. The number of esters is 1. The van der Waals surface area contributed by atoms with Crippen LogP contribution in [0.15, 0.2) is 0 Å². The molecule has 4 heteroatoms. The Morgan fingerprint density at radius 2 is 1.48 bits per heavy atom. The van der Waals surface area contributed by atoms with Gasteiger partial charge < -0.3 is 10.1 Å². The molecule has 0 bridgehead atoms. The van der Waals surface area contributed by atoms with E-state index in [1.54, 1.807) is 6.92 Å². The van der Waals surface area contributed by atoms with E-state index >= 15 is 0 Å². The summed E-state index contributed by atoms with van der Waals surface area (Å²) >= 11 is 0. The maximum absolute atomic E-state index is 11.7. The molecule has 0 saturated carbocycles. The average Bonchev–Trinajstić information content (AvgIpc) is 2.47. The molecule has 0 fully saturated rings. The number of hydrogen-bond donors (Lipinski definition) is 1. The molecule has 0 aromatic carbocycles. The Morgan fingerprint density at radius 1 is 0.905 bits per heavy atom. The van der Waals surface area contributed by atoms with Crippen molar-refractivity contribution in [3.63, 3.8) is 0 Å². The highest BCUT2D eigenvalue weighted by Crippen LogP contribution is 2.07. The van der Waals surface area contributed by atoms with E-state index in [-0.39, 0.29) is 11.9 Å². The van der Waals surface area contributed by atoms with Crippen molar-refractivity contribution in [3.05, 3.63) is 0 Å². The molecule has 0 aliphatic heterocycles. The Hall–Kier alpha value is -1.06. The van der Waals surface area contributed by atoms with Gasteiger partial charge in [0.2, 0.25) is 5.91 Å². The molecule has 1 N–H and O–H groups in total. The Balaban J connectivity index is 3.53. The molecule has 0 aliphatic rings. The second kappa shape index (κ2) is 13.9. The van der Waals surface area contributed by atoms with Crippen LogP contribution in [0.25, 0.3) is 0 Å².